The molecule has 3 aromatic rings. The second-order valence-electron chi connectivity index (χ2n) is 9.39. The maximum atomic E-state index is 13.0. The minimum atomic E-state index is -2.26. The Balaban J connectivity index is 1.56. The molecule has 0 N–H and O–H groups in total. The van der Waals surface area contributed by atoms with Crippen molar-refractivity contribution in [2.45, 2.75) is 32.6 Å². The standard InChI is InChI=1S/C32H35O4P/c1-24-28(30(34)32(36-3)31(35-2)29(24)33)22-14-7-15-23-37(25-16-8-4-9-17-25,26-18-10-5-11-19-26)27-20-12-6-13-21-27/h4-6,8-13,16-21,37H,7,14-15,22-23H2,1-3H3. The van der Waals surface area contributed by atoms with E-state index in [4.69, 9.17) is 9.47 Å². The summed E-state index contributed by atoms with van der Waals surface area (Å²) in [5.74, 6) is -0.495. The average Bonchev–Trinajstić information content (AvgIpc) is 2.95. The molecule has 192 valence electrons. The zero-order chi connectivity index (χ0) is 26.3. The summed E-state index contributed by atoms with van der Waals surface area (Å²) < 4.78 is 10.4. The second kappa shape index (κ2) is 12.2. The third-order valence-corrected chi connectivity index (χ3v) is 12.4. The Morgan fingerprint density at radius 1 is 0.595 bits per heavy atom. The molecule has 1 aliphatic carbocycles. The van der Waals surface area contributed by atoms with Gasteiger partial charge in [0.1, 0.15) is 0 Å². The summed E-state index contributed by atoms with van der Waals surface area (Å²) in [4.78, 5) is 25.7. The molecule has 0 saturated carbocycles. The zero-order valence-corrected chi connectivity index (χ0v) is 22.8. The topological polar surface area (TPSA) is 52.6 Å². The summed E-state index contributed by atoms with van der Waals surface area (Å²) in [5.41, 5.74) is 1.00. The second-order valence-corrected chi connectivity index (χ2v) is 13.4. The SMILES string of the molecule is COC1=C(OC)C(=O)C(CCCCC[PH](c2ccccc2)(c2ccccc2)c2ccccc2)=C(C)C1=O. The van der Waals surface area contributed by atoms with Gasteiger partial charge in [-0.3, -0.25) is 0 Å². The number of ketones is 2. The number of allylic oxidation sites excluding steroid dienone is 2. The van der Waals surface area contributed by atoms with Crippen LogP contribution >= 0.6 is 7.26 Å². The molecule has 0 spiro atoms. The molecule has 0 aliphatic heterocycles. The molecule has 5 heteroatoms. The third kappa shape index (κ3) is 5.31. The van der Waals surface area contributed by atoms with Crippen molar-refractivity contribution in [2.75, 3.05) is 20.4 Å². The normalized spacial score (nSPS) is 14.7. The predicted octanol–water partition coefficient (Wildman–Crippen LogP) is 5.25. The van der Waals surface area contributed by atoms with E-state index in [1.807, 2.05) is 0 Å². The molecule has 0 unspecified atom stereocenters. The van der Waals surface area contributed by atoms with Crippen molar-refractivity contribution >= 4 is 34.7 Å². The van der Waals surface area contributed by atoms with Gasteiger partial charge in [0.25, 0.3) is 0 Å². The van der Waals surface area contributed by atoms with Gasteiger partial charge in [-0.05, 0) is 0 Å². The molecule has 0 radical (unpaired) electrons. The van der Waals surface area contributed by atoms with Crippen molar-refractivity contribution in [3.05, 3.63) is 114 Å². The number of carbonyl (C=O) groups excluding carboxylic acids is 2. The number of benzene rings is 3. The van der Waals surface area contributed by atoms with E-state index in [1.54, 1.807) is 6.92 Å². The van der Waals surface area contributed by atoms with Crippen LogP contribution in [-0.4, -0.2) is 31.9 Å². The van der Waals surface area contributed by atoms with Crippen LogP contribution in [0.4, 0.5) is 0 Å². The fraction of sp³-hybridized carbons (Fsp3) is 0.250. The van der Waals surface area contributed by atoms with Gasteiger partial charge in [0, 0.05) is 0 Å². The monoisotopic (exact) mass is 514 g/mol. The Hall–Kier alpha value is -3.49. The molecule has 4 rings (SSSR count). The molecule has 0 saturated heterocycles. The van der Waals surface area contributed by atoms with Crippen LogP contribution in [0, 0.1) is 0 Å². The maximum absolute atomic E-state index is 13.0. The van der Waals surface area contributed by atoms with E-state index in [9.17, 15) is 9.59 Å². The average molecular weight is 515 g/mol. The van der Waals surface area contributed by atoms with E-state index in [-0.39, 0.29) is 23.1 Å². The van der Waals surface area contributed by atoms with Crippen LogP contribution in [0.25, 0.3) is 0 Å². The van der Waals surface area contributed by atoms with E-state index in [2.05, 4.69) is 91.0 Å². The van der Waals surface area contributed by atoms with Crippen molar-refractivity contribution in [2.24, 2.45) is 0 Å². The Kier molecular flexibility index (Phi) is 8.74. The van der Waals surface area contributed by atoms with Crippen LogP contribution in [0.5, 0.6) is 0 Å². The molecular formula is C32H35O4P. The van der Waals surface area contributed by atoms with E-state index >= 15 is 0 Å². The molecule has 0 amide bonds. The summed E-state index contributed by atoms with van der Waals surface area (Å²) in [6.45, 7) is 1.71. The van der Waals surface area contributed by atoms with Crippen molar-refractivity contribution < 1.29 is 19.1 Å². The molecule has 3 aromatic carbocycles. The Morgan fingerprint density at radius 2 is 1.03 bits per heavy atom. The van der Waals surface area contributed by atoms with Gasteiger partial charge >= 0.3 is 220 Å². The molecule has 4 nitrogen and oxygen atoms in total. The third-order valence-electron chi connectivity index (χ3n) is 7.37. The predicted molar refractivity (Wildman–Crippen MR) is 154 cm³/mol. The minimum absolute atomic E-state index is 0.00174. The summed E-state index contributed by atoms with van der Waals surface area (Å²) in [6.07, 6.45) is 4.43. The van der Waals surface area contributed by atoms with Crippen LogP contribution in [0.15, 0.2) is 114 Å². The van der Waals surface area contributed by atoms with Crippen molar-refractivity contribution in [1.82, 2.24) is 0 Å². The van der Waals surface area contributed by atoms with Gasteiger partial charge < -0.3 is 0 Å². The van der Waals surface area contributed by atoms with Crippen LogP contribution in [-0.2, 0) is 19.1 Å². The molecule has 0 fully saturated rings. The van der Waals surface area contributed by atoms with E-state index < -0.39 is 7.26 Å². The van der Waals surface area contributed by atoms with Crippen LogP contribution in [0.1, 0.15) is 32.6 Å². The fourth-order valence-electron chi connectivity index (χ4n) is 5.46. The van der Waals surface area contributed by atoms with E-state index in [1.165, 1.54) is 30.1 Å². The van der Waals surface area contributed by atoms with E-state index in [0.717, 1.165) is 25.4 Å². The molecule has 0 aromatic heterocycles. The van der Waals surface area contributed by atoms with Gasteiger partial charge in [0.2, 0.25) is 0 Å². The first-order valence-electron chi connectivity index (χ1n) is 12.8. The Bertz CT molecular complexity index is 1200. The quantitative estimate of drug-likeness (QED) is 0.199. The van der Waals surface area contributed by atoms with Gasteiger partial charge in [-0.25, -0.2) is 0 Å². The number of hydrogen-bond donors (Lipinski definition) is 0. The molecular weight excluding hydrogens is 479 g/mol. The summed E-state index contributed by atoms with van der Waals surface area (Å²) in [5, 5.41) is 4.21. The summed E-state index contributed by atoms with van der Waals surface area (Å²) in [7, 11) is 0.531. The molecule has 0 bridgehead atoms. The summed E-state index contributed by atoms with van der Waals surface area (Å²) in [6, 6.07) is 32.7. The zero-order valence-electron chi connectivity index (χ0n) is 21.8. The number of unbranched alkanes of at least 4 members (excludes halogenated alkanes) is 2. The molecule has 0 atom stereocenters. The Morgan fingerprint density at radius 3 is 1.46 bits per heavy atom. The van der Waals surface area contributed by atoms with Crippen molar-refractivity contribution in [1.29, 1.82) is 0 Å². The number of ether oxygens (including phenoxy) is 2. The van der Waals surface area contributed by atoms with Crippen LogP contribution < -0.4 is 15.9 Å². The van der Waals surface area contributed by atoms with Gasteiger partial charge in [0.05, 0.1) is 0 Å². The molecule has 37 heavy (non-hydrogen) atoms. The van der Waals surface area contributed by atoms with E-state index in [0.29, 0.717) is 17.6 Å². The van der Waals surface area contributed by atoms with Crippen molar-refractivity contribution in [3.8, 4) is 0 Å². The van der Waals surface area contributed by atoms with Gasteiger partial charge in [-0.15, -0.1) is 0 Å². The van der Waals surface area contributed by atoms with Gasteiger partial charge in [-0.2, -0.15) is 0 Å². The van der Waals surface area contributed by atoms with Gasteiger partial charge in [0.15, 0.2) is 0 Å². The number of methoxy groups -OCH3 is 2. The van der Waals surface area contributed by atoms with Crippen molar-refractivity contribution in [3.63, 3.8) is 0 Å². The molecule has 1 aliphatic rings. The Labute approximate surface area is 220 Å². The number of hydrogen-bond acceptors (Lipinski definition) is 4. The first kappa shape index (κ1) is 26.6. The van der Waals surface area contributed by atoms with Crippen LogP contribution in [0.3, 0.4) is 0 Å². The van der Waals surface area contributed by atoms with Gasteiger partial charge in [-0.1, -0.05) is 0 Å². The molecule has 0 heterocycles. The first-order valence-corrected chi connectivity index (χ1v) is 15.0. The van der Waals surface area contributed by atoms with Crippen LogP contribution in [0.2, 0.25) is 0 Å². The fourth-order valence-corrected chi connectivity index (χ4v) is 10.4. The number of Topliss-reactive ketones (excluding diaryl/α,β-unsaturated/α-hetero) is 2. The number of carbonyl (C=O) groups is 2. The first-order chi connectivity index (χ1) is 18.0. The number of rotatable bonds is 11. The summed E-state index contributed by atoms with van der Waals surface area (Å²) >= 11 is 0.